The van der Waals surface area contributed by atoms with Crippen molar-refractivity contribution in [3.63, 3.8) is 0 Å². The van der Waals surface area contributed by atoms with E-state index in [-0.39, 0.29) is 11.3 Å². The Balaban J connectivity index is 2.16. The van der Waals surface area contributed by atoms with E-state index in [1.54, 1.807) is 0 Å². The number of hydrogen-bond donors (Lipinski definition) is 6. The van der Waals surface area contributed by atoms with E-state index in [2.05, 4.69) is 0 Å². The number of hydrogen-bond acceptors (Lipinski definition) is 7. The summed E-state index contributed by atoms with van der Waals surface area (Å²) in [7, 11) is 0. The molecule has 2 rings (SSSR count). The molecule has 0 aliphatic heterocycles. The Kier molecular flexibility index (Phi) is 4.17. The third kappa shape index (κ3) is 2.47. The molecular weight excluding hydrogens is 282 g/mol. The maximum atomic E-state index is 11.0. The minimum Gasteiger partial charge on any atom is -0.462 e. The Bertz CT molecular complexity index is 537. The summed E-state index contributed by atoms with van der Waals surface area (Å²) in [5.41, 5.74) is 3.04. The van der Waals surface area contributed by atoms with Crippen LogP contribution < -0.4 is 10.5 Å². The Morgan fingerprint density at radius 3 is 2.67 bits per heavy atom. The van der Waals surface area contributed by atoms with E-state index < -0.39 is 42.5 Å². The molecule has 1 saturated carbocycles. The highest BCUT2D eigenvalue weighted by atomic mass is 16.6. The van der Waals surface area contributed by atoms with Crippen molar-refractivity contribution in [1.82, 2.24) is 0 Å². The summed E-state index contributed by atoms with van der Waals surface area (Å²) in [4.78, 5) is 11.0. The molecule has 8 heteroatoms. The van der Waals surface area contributed by atoms with Crippen LogP contribution in [0.5, 0.6) is 5.75 Å². The van der Waals surface area contributed by atoms with E-state index in [9.17, 15) is 25.2 Å². The van der Waals surface area contributed by atoms with Crippen molar-refractivity contribution in [3.8, 4) is 5.75 Å². The summed E-state index contributed by atoms with van der Waals surface area (Å²) >= 11 is 0. The third-order valence-corrected chi connectivity index (χ3v) is 3.76. The first-order valence-electron chi connectivity index (χ1n) is 6.26. The second-order valence-corrected chi connectivity index (χ2v) is 4.97. The van der Waals surface area contributed by atoms with Gasteiger partial charge in [0, 0.05) is 11.5 Å². The molecule has 0 bridgehead atoms. The average Bonchev–Trinajstić information content (AvgIpc) is 2.47. The van der Waals surface area contributed by atoms with Gasteiger partial charge in [0.05, 0.1) is 12.7 Å². The first-order chi connectivity index (χ1) is 9.82. The predicted molar refractivity (Wildman–Crippen MR) is 69.1 cm³/mol. The second kappa shape index (κ2) is 5.58. The second-order valence-electron chi connectivity index (χ2n) is 4.97. The SMILES string of the molecule is NC(=O)c1cccc(OC(O)C2(O)C(O)C(O)C2CO)c1. The lowest BCUT2D eigenvalue weighted by Crippen LogP contribution is -2.76. The highest BCUT2D eigenvalue weighted by Crippen LogP contribution is 2.42. The van der Waals surface area contributed by atoms with Crippen molar-refractivity contribution in [2.24, 2.45) is 11.7 Å². The Morgan fingerprint density at radius 2 is 2.10 bits per heavy atom. The number of aliphatic hydroxyl groups is 5. The summed E-state index contributed by atoms with van der Waals surface area (Å²) in [6.07, 6.45) is -4.93. The van der Waals surface area contributed by atoms with Gasteiger partial charge in [0.2, 0.25) is 12.2 Å². The summed E-state index contributed by atoms with van der Waals surface area (Å²) in [6.45, 7) is -0.642. The molecule has 5 unspecified atom stereocenters. The Morgan fingerprint density at radius 1 is 1.43 bits per heavy atom. The lowest BCUT2D eigenvalue weighted by Gasteiger charge is -2.53. The average molecular weight is 299 g/mol. The van der Waals surface area contributed by atoms with E-state index in [1.165, 1.54) is 24.3 Å². The van der Waals surface area contributed by atoms with Gasteiger partial charge >= 0.3 is 0 Å². The van der Waals surface area contributed by atoms with Gasteiger partial charge in [-0.05, 0) is 18.2 Å². The zero-order valence-corrected chi connectivity index (χ0v) is 11.0. The number of ether oxygens (including phenoxy) is 1. The first-order valence-corrected chi connectivity index (χ1v) is 6.26. The largest absolute Gasteiger partial charge is 0.462 e. The van der Waals surface area contributed by atoms with Crippen LogP contribution >= 0.6 is 0 Å². The van der Waals surface area contributed by atoms with Crippen LogP contribution in [-0.2, 0) is 0 Å². The molecule has 0 saturated heterocycles. The van der Waals surface area contributed by atoms with Crippen molar-refractivity contribution < 1.29 is 35.1 Å². The summed E-state index contributed by atoms with van der Waals surface area (Å²) in [5, 5.41) is 48.2. The predicted octanol–water partition coefficient (Wildman–Crippen LogP) is -2.44. The number of benzene rings is 1. The fourth-order valence-corrected chi connectivity index (χ4v) is 2.40. The van der Waals surface area contributed by atoms with E-state index in [4.69, 9.17) is 15.6 Å². The molecule has 8 nitrogen and oxygen atoms in total. The molecule has 0 spiro atoms. The number of amides is 1. The summed E-state index contributed by atoms with van der Waals surface area (Å²) in [6, 6.07) is 5.56. The molecule has 0 heterocycles. The number of carbonyl (C=O) groups is 1. The monoisotopic (exact) mass is 299 g/mol. The smallest absolute Gasteiger partial charge is 0.248 e. The van der Waals surface area contributed by atoms with Crippen LogP contribution in [-0.4, -0.2) is 62.1 Å². The normalized spacial score (nSPS) is 33.1. The van der Waals surface area contributed by atoms with Crippen LogP contribution in [0.2, 0.25) is 0 Å². The van der Waals surface area contributed by atoms with E-state index in [1.807, 2.05) is 0 Å². The topological polar surface area (TPSA) is 153 Å². The van der Waals surface area contributed by atoms with Gasteiger partial charge in [-0.25, -0.2) is 0 Å². The molecule has 0 aromatic heterocycles. The van der Waals surface area contributed by atoms with Gasteiger partial charge < -0.3 is 36.0 Å². The molecule has 7 N–H and O–H groups in total. The highest BCUT2D eigenvalue weighted by molar-refractivity contribution is 5.93. The van der Waals surface area contributed by atoms with Gasteiger partial charge in [0.1, 0.15) is 11.9 Å². The van der Waals surface area contributed by atoms with Crippen LogP contribution in [0, 0.1) is 5.92 Å². The standard InChI is InChI=1S/C13H17NO7/c14-11(18)6-2-1-3-7(4-6)21-12(19)13(20)8(5-15)9(16)10(13)17/h1-4,8-10,12,15-17,19-20H,5H2,(H2,14,18). The number of carbonyl (C=O) groups excluding carboxylic acids is 1. The molecule has 1 aliphatic rings. The zero-order chi connectivity index (χ0) is 15.8. The summed E-state index contributed by atoms with van der Waals surface area (Å²) in [5.74, 6) is -1.81. The zero-order valence-electron chi connectivity index (χ0n) is 11.0. The lowest BCUT2D eigenvalue weighted by atomic mass is 9.64. The number of primary amides is 1. The van der Waals surface area contributed by atoms with Gasteiger partial charge in [-0.2, -0.15) is 0 Å². The van der Waals surface area contributed by atoms with Crippen LogP contribution in [0.3, 0.4) is 0 Å². The summed E-state index contributed by atoms with van der Waals surface area (Å²) < 4.78 is 5.08. The van der Waals surface area contributed by atoms with Crippen LogP contribution in [0.15, 0.2) is 24.3 Å². The molecule has 21 heavy (non-hydrogen) atoms. The van der Waals surface area contributed by atoms with Gasteiger partial charge in [0.15, 0.2) is 5.60 Å². The molecule has 1 aromatic carbocycles. The third-order valence-electron chi connectivity index (χ3n) is 3.76. The minimum atomic E-state index is -2.21. The molecule has 1 fully saturated rings. The number of rotatable bonds is 5. The van der Waals surface area contributed by atoms with Crippen molar-refractivity contribution in [2.45, 2.75) is 24.1 Å². The van der Waals surface area contributed by atoms with E-state index in [0.29, 0.717) is 0 Å². The molecule has 1 aliphatic carbocycles. The Hall–Kier alpha value is -1.71. The maximum absolute atomic E-state index is 11.0. The van der Waals surface area contributed by atoms with Crippen molar-refractivity contribution in [2.75, 3.05) is 6.61 Å². The van der Waals surface area contributed by atoms with Gasteiger partial charge in [-0.3, -0.25) is 4.79 Å². The number of aliphatic hydroxyl groups excluding tert-OH is 4. The first kappa shape index (κ1) is 15.7. The molecular formula is C13H17NO7. The fourth-order valence-electron chi connectivity index (χ4n) is 2.40. The van der Waals surface area contributed by atoms with Crippen LogP contribution in [0.1, 0.15) is 10.4 Å². The molecule has 1 amide bonds. The lowest BCUT2D eigenvalue weighted by molar-refractivity contribution is -0.332. The van der Waals surface area contributed by atoms with Crippen molar-refractivity contribution in [3.05, 3.63) is 29.8 Å². The van der Waals surface area contributed by atoms with Gasteiger partial charge in [-0.1, -0.05) is 6.07 Å². The maximum Gasteiger partial charge on any atom is 0.248 e. The van der Waals surface area contributed by atoms with Crippen molar-refractivity contribution in [1.29, 1.82) is 0 Å². The molecule has 1 aromatic rings. The Labute approximate surface area is 120 Å². The molecule has 0 radical (unpaired) electrons. The fraction of sp³-hybridized carbons (Fsp3) is 0.462. The van der Waals surface area contributed by atoms with E-state index >= 15 is 0 Å². The van der Waals surface area contributed by atoms with Crippen molar-refractivity contribution >= 4 is 5.91 Å². The molecule has 116 valence electrons. The highest BCUT2D eigenvalue weighted by Gasteiger charge is 2.65. The quantitative estimate of drug-likeness (QED) is 0.330. The van der Waals surface area contributed by atoms with Gasteiger partial charge in [-0.15, -0.1) is 0 Å². The minimum absolute atomic E-state index is 0.0394. The number of nitrogens with two attached hydrogens (primary N) is 1. The van der Waals surface area contributed by atoms with E-state index in [0.717, 1.165) is 0 Å². The molecule has 5 atom stereocenters. The van der Waals surface area contributed by atoms with Gasteiger partial charge in [0.25, 0.3) is 0 Å². The van der Waals surface area contributed by atoms with Crippen LogP contribution in [0.4, 0.5) is 0 Å². The van der Waals surface area contributed by atoms with Crippen LogP contribution in [0.25, 0.3) is 0 Å².